The quantitative estimate of drug-likeness (QED) is 0.541. The van der Waals surface area contributed by atoms with Crippen molar-refractivity contribution < 1.29 is 10.2 Å². The summed E-state index contributed by atoms with van der Waals surface area (Å²) >= 11 is 0. The van der Waals surface area contributed by atoms with Crippen molar-refractivity contribution in [1.29, 1.82) is 0 Å². The van der Waals surface area contributed by atoms with Gasteiger partial charge in [0.15, 0.2) is 0 Å². The molecule has 0 amide bonds. The molecule has 0 atom stereocenters. The first-order chi connectivity index (χ1) is 3.66. The lowest BCUT2D eigenvalue weighted by Crippen LogP contribution is -1.89. The van der Waals surface area contributed by atoms with E-state index in [0.29, 0.717) is 12.3 Å². The van der Waals surface area contributed by atoms with Crippen LogP contribution in [0.2, 0.25) is 0 Å². The Morgan fingerprint density at radius 3 is 2.25 bits per heavy atom. The fourth-order valence-electron chi connectivity index (χ4n) is 0.471. The van der Waals surface area contributed by atoms with Crippen LogP contribution in [0.25, 0.3) is 0 Å². The van der Waals surface area contributed by atoms with Gasteiger partial charge in [-0.3, -0.25) is 0 Å². The second kappa shape index (κ2) is 3.36. The van der Waals surface area contributed by atoms with Gasteiger partial charge in [-0.1, -0.05) is 13.8 Å². The smallest absolute Gasteiger partial charge is 0.127 e. The molecule has 0 heterocycles. The Hall–Kier alpha value is -0.660. The third-order valence-electron chi connectivity index (χ3n) is 0.766. The Balaban J connectivity index is 3.39. The monoisotopic (exact) mass is 116 g/mol. The minimum atomic E-state index is 0.0556. The molecular formula is C6H12O2. The van der Waals surface area contributed by atoms with Gasteiger partial charge in [0, 0.05) is 6.42 Å². The van der Waals surface area contributed by atoms with E-state index >= 15 is 0 Å². The van der Waals surface area contributed by atoms with E-state index in [1.165, 1.54) is 0 Å². The van der Waals surface area contributed by atoms with Gasteiger partial charge in [-0.05, 0) is 5.92 Å². The SMILES string of the molecule is CC(C)CC(O)=CO. The highest BCUT2D eigenvalue weighted by Crippen LogP contribution is 2.05. The maximum Gasteiger partial charge on any atom is 0.127 e. The molecule has 0 aromatic heterocycles. The predicted molar refractivity (Wildman–Crippen MR) is 32.8 cm³/mol. The zero-order valence-electron chi connectivity index (χ0n) is 5.26. The maximum absolute atomic E-state index is 8.64. The minimum Gasteiger partial charge on any atom is -0.512 e. The highest BCUT2D eigenvalue weighted by Gasteiger charge is 1.95. The van der Waals surface area contributed by atoms with E-state index in [2.05, 4.69) is 0 Å². The van der Waals surface area contributed by atoms with Crippen molar-refractivity contribution in [2.24, 2.45) is 5.92 Å². The van der Waals surface area contributed by atoms with Crippen molar-refractivity contribution in [3.05, 3.63) is 12.0 Å². The summed E-state index contributed by atoms with van der Waals surface area (Å²) in [5.74, 6) is 0.457. The van der Waals surface area contributed by atoms with Crippen LogP contribution in [0.1, 0.15) is 20.3 Å². The topological polar surface area (TPSA) is 40.5 Å². The second-order valence-corrected chi connectivity index (χ2v) is 2.22. The second-order valence-electron chi connectivity index (χ2n) is 2.22. The molecule has 0 unspecified atom stereocenters. The molecule has 0 rings (SSSR count). The fraction of sp³-hybridized carbons (Fsp3) is 0.667. The van der Waals surface area contributed by atoms with Crippen molar-refractivity contribution >= 4 is 0 Å². The van der Waals surface area contributed by atoms with E-state index < -0.39 is 0 Å². The highest BCUT2D eigenvalue weighted by molar-refractivity contribution is 4.83. The van der Waals surface area contributed by atoms with Crippen LogP contribution in [0, 0.1) is 5.92 Å². The molecule has 0 aliphatic carbocycles. The molecule has 0 saturated heterocycles. The fourth-order valence-corrected chi connectivity index (χ4v) is 0.471. The van der Waals surface area contributed by atoms with Crippen LogP contribution in [-0.4, -0.2) is 10.2 Å². The van der Waals surface area contributed by atoms with E-state index in [1.807, 2.05) is 13.8 Å². The van der Waals surface area contributed by atoms with E-state index in [0.717, 1.165) is 6.26 Å². The number of hydrogen-bond acceptors (Lipinski definition) is 2. The average Bonchev–Trinajstić information content (AvgIpc) is 1.65. The van der Waals surface area contributed by atoms with Crippen LogP contribution in [-0.2, 0) is 0 Å². The Labute approximate surface area is 49.5 Å². The summed E-state index contributed by atoms with van der Waals surface area (Å²) in [6.45, 7) is 3.94. The lowest BCUT2D eigenvalue weighted by molar-refractivity contribution is 0.327. The van der Waals surface area contributed by atoms with Crippen LogP contribution >= 0.6 is 0 Å². The van der Waals surface area contributed by atoms with Crippen molar-refractivity contribution in [1.82, 2.24) is 0 Å². The molecule has 2 heteroatoms. The summed E-state index contributed by atoms with van der Waals surface area (Å²) < 4.78 is 0. The number of hydrogen-bond donors (Lipinski definition) is 2. The summed E-state index contributed by atoms with van der Waals surface area (Å²) in [6.07, 6.45) is 1.29. The predicted octanol–water partition coefficient (Wildman–Crippen LogP) is 1.99. The normalized spacial score (nSPS) is 12.6. The van der Waals surface area contributed by atoms with Crippen LogP contribution in [0.5, 0.6) is 0 Å². The molecule has 0 radical (unpaired) electrons. The molecule has 8 heavy (non-hydrogen) atoms. The average molecular weight is 116 g/mol. The van der Waals surface area contributed by atoms with Gasteiger partial charge in [-0.15, -0.1) is 0 Å². The van der Waals surface area contributed by atoms with E-state index in [4.69, 9.17) is 10.2 Å². The molecule has 0 aliphatic rings. The van der Waals surface area contributed by atoms with Gasteiger partial charge in [0.2, 0.25) is 0 Å². The molecule has 48 valence electrons. The zero-order valence-corrected chi connectivity index (χ0v) is 5.26. The Kier molecular flexibility index (Phi) is 3.08. The van der Waals surface area contributed by atoms with E-state index in [1.54, 1.807) is 0 Å². The standard InChI is InChI=1S/C6H12O2/c1-5(2)3-6(8)4-7/h4-5,7-8H,3H2,1-2H3. The Morgan fingerprint density at radius 1 is 1.62 bits per heavy atom. The molecular weight excluding hydrogens is 104 g/mol. The van der Waals surface area contributed by atoms with Crippen molar-refractivity contribution in [3.8, 4) is 0 Å². The Morgan fingerprint density at radius 2 is 2.12 bits per heavy atom. The highest BCUT2D eigenvalue weighted by atomic mass is 16.3. The number of aliphatic hydroxyl groups is 2. The van der Waals surface area contributed by atoms with Gasteiger partial charge < -0.3 is 10.2 Å². The molecule has 0 aromatic rings. The number of aliphatic hydroxyl groups excluding tert-OH is 2. The van der Waals surface area contributed by atoms with E-state index in [9.17, 15) is 0 Å². The van der Waals surface area contributed by atoms with Crippen molar-refractivity contribution in [3.63, 3.8) is 0 Å². The molecule has 0 fully saturated rings. The van der Waals surface area contributed by atoms with Gasteiger partial charge >= 0.3 is 0 Å². The minimum absolute atomic E-state index is 0.0556. The van der Waals surface area contributed by atoms with Gasteiger partial charge in [0.25, 0.3) is 0 Å². The number of allylic oxidation sites excluding steroid dienone is 1. The summed E-state index contributed by atoms with van der Waals surface area (Å²) in [4.78, 5) is 0. The van der Waals surface area contributed by atoms with Crippen molar-refractivity contribution in [2.45, 2.75) is 20.3 Å². The van der Waals surface area contributed by atoms with Crippen molar-refractivity contribution in [2.75, 3.05) is 0 Å². The van der Waals surface area contributed by atoms with Gasteiger partial charge in [0.05, 0.1) is 0 Å². The molecule has 0 aliphatic heterocycles. The van der Waals surface area contributed by atoms with Gasteiger partial charge in [-0.25, -0.2) is 0 Å². The first-order valence-electron chi connectivity index (χ1n) is 2.69. The van der Waals surface area contributed by atoms with Crippen LogP contribution in [0.3, 0.4) is 0 Å². The zero-order chi connectivity index (χ0) is 6.57. The molecule has 2 nitrogen and oxygen atoms in total. The van der Waals surface area contributed by atoms with Gasteiger partial charge in [-0.2, -0.15) is 0 Å². The van der Waals surface area contributed by atoms with Crippen LogP contribution in [0.4, 0.5) is 0 Å². The molecule has 0 aromatic carbocycles. The summed E-state index contributed by atoms with van der Waals surface area (Å²) in [6, 6.07) is 0. The number of rotatable bonds is 2. The molecule has 2 N–H and O–H groups in total. The first kappa shape index (κ1) is 7.34. The van der Waals surface area contributed by atoms with E-state index in [-0.39, 0.29) is 5.76 Å². The third-order valence-corrected chi connectivity index (χ3v) is 0.766. The molecule has 0 spiro atoms. The largest absolute Gasteiger partial charge is 0.512 e. The van der Waals surface area contributed by atoms with Gasteiger partial charge in [0.1, 0.15) is 12.0 Å². The lowest BCUT2D eigenvalue weighted by atomic mass is 10.1. The maximum atomic E-state index is 8.64. The summed E-state index contributed by atoms with van der Waals surface area (Å²) in [5.41, 5.74) is 0. The summed E-state index contributed by atoms with van der Waals surface area (Å²) in [5, 5.41) is 16.8. The van der Waals surface area contributed by atoms with Crippen LogP contribution < -0.4 is 0 Å². The molecule has 0 saturated carbocycles. The Bertz CT molecular complexity index is 84.5. The summed E-state index contributed by atoms with van der Waals surface area (Å²) in [7, 11) is 0. The molecule has 0 bridgehead atoms. The first-order valence-corrected chi connectivity index (χ1v) is 2.69. The third kappa shape index (κ3) is 3.53. The lowest BCUT2D eigenvalue weighted by Gasteiger charge is -1.99. The van der Waals surface area contributed by atoms with Crippen LogP contribution in [0.15, 0.2) is 12.0 Å².